The Morgan fingerprint density at radius 3 is 2.41 bits per heavy atom. The molecule has 0 heterocycles. The van der Waals surface area contributed by atoms with Gasteiger partial charge in [0.15, 0.2) is 6.61 Å². The Kier molecular flexibility index (Phi) is 7.74. The molecule has 0 radical (unpaired) electrons. The zero-order valence-electron chi connectivity index (χ0n) is 18.2. The summed E-state index contributed by atoms with van der Waals surface area (Å²) in [5, 5.41) is 0. The molecule has 0 aliphatic heterocycles. The lowest BCUT2D eigenvalue weighted by molar-refractivity contribution is -0.135. The maximum absolute atomic E-state index is 12.7. The van der Waals surface area contributed by atoms with Crippen molar-refractivity contribution in [2.75, 3.05) is 25.5 Å². The Balaban J connectivity index is 1.62. The second kappa shape index (κ2) is 10.5. The van der Waals surface area contributed by atoms with Crippen molar-refractivity contribution in [2.24, 2.45) is 0 Å². The van der Waals surface area contributed by atoms with Crippen LogP contribution in [-0.4, -0.2) is 52.0 Å². The maximum Gasteiger partial charge on any atom is 0.338 e. The third kappa shape index (κ3) is 6.00. The fourth-order valence-electron chi connectivity index (χ4n) is 3.65. The molecule has 32 heavy (non-hydrogen) atoms. The summed E-state index contributed by atoms with van der Waals surface area (Å²) in [6.07, 6.45) is 5.27. The van der Waals surface area contributed by atoms with E-state index in [2.05, 4.69) is 4.72 Å². The highest BCUT2D eigenvalue weighted by Gasteiger charge is 2.23. The predicted molar refractivity (Wildman–Crippen MR) is 120 cm³/mol. The van der Waals surface area contributed by atoms with Gasteiger partial charge in [-0.15, -0.1) is 0 Å². The number of anilines is 1. The molecule has 0 bridgehead atoms. The van der Waals surface area contributed by atoms with E-state index in [1.54, 1.807) is 36.2 Å². The first-order valence-corrected chi connectivity index (χ1v) is 12.0. The normalized spacial score (nSPS) is 14.4. The Hall–Kier alpha value is -3.07. The lowest BCUT2D eigenvalue weighted by Crippen LogP contribution is -2.40. The summed E-state index contributed by atoms with van der Waals surface area (Å²) in [6.45, 7) is -0.382. The van der Waals surface area contributed by atoms with Crippen molar-refractivity contribution < 1.29 is 27.5 Å². The number of methoxy groups -OCH3 is 1. The van der Waals surface area contributed by atoms with Gasteiger partial charge in [-0.1, -0.05) is 25.3 Å². The first-order chi connectivity index (χ1) is 15.3. The molecule has 8 nitrogen and oxygen atoms in total. The van der Waals surface area contributed by atoms with Crippen LogP contribution in [-0.2, 0) is 19.6 Å². The molecular formula is C23H28N2O6S. The fourth-order valence-corrected chi connectivity index (χ4v) is 4.75. The van der Waals surface area contributed by atoms with Gasteiger partial charge >= 0.3 is 5.97 Å². The Labute approximate surface area is 188 Å². The van der Waals surface area contributed by atoms with Crippen LogP contribution in [0.25, 0.3) is 0 Å². The fraction of sp³-hybridized carbons (Fsp3) is 0.391. The van der Waals surface area contributed by atoms with Gasteiger partial charge < -0.3 is 14.4 Å². The van der Waals surface area contributed by atoms with E-state index < -0.39 is 16.0 Å². The lowest BCUT2D eigenvalue weighted by atomic mass is 9.94. The van der Waals surface area contributed by atoms with Gasteiger partial charge in [0.1, 0.15) is 5.75 Å². The van der Waals surface area contributed by atoms with Crippen LogP contribution in [0.3, 0.4) is 0 Å². The van der Waals surface area contributed by atoms with Crippen molar-refractivity contribution >= 4 is 27.6 Å². The van der Waals surface area contributed by atoms with Crippen LogP contribution in [0.2, 0.25) is 0 Å². The van der Waals surface area contributed by atoms with E-state index in [9.17, 15) is 18.0 Å². The molecule has 1 fully saturated rings. The predicted octanol–water partition coefficient (Wildman–Crippen LogP) is 3.44. The lowest BCUT2D eigenvalue weighted by Gasteiger charge is -2.31. The number of esters is 1. The van der Waals surface area contributed by atoms with E-state index >= 15 is 0 Å². The largest absolute Gasteiger partial charge is 0.497 e. The first-order valence-electron chi connectivity index (χ1n) is 10.5. The van der Waals surface area contributed by atoms with Crippen molar-refractivity contribution in [3.05, 3.63) is 54.1 Å². The number of sulfonamides is 1. The third-order valence-electron chi connectivity index (χ3n) is 5.56. The molecule has 0 atom stereocenters. The van der Waals surface area contributed by atoms with Gasteiger partial charge in [-0.05, 0) is 55.3 Å². The van der Waals surface area contributed by atoms with E-state index in [1.807, 2.05) is 0 Å². The molecule has 1 saturated carbocycles. The Bertz CT molecular complexity index is 1050. The van der Waals surface area contributed by atoms with Gasteiger partial charge in [-0.25, -0.2) is 13.2 Å². The van der Waals surface area contributed by atoms with E-state index in [-0.39, 0.29) is 29.0 Å². The summed E-state index contributed by atoms with van der Waals surface area (Å²) in [7, 11) is -0.676. The molecular weight excluding hydrogens is 432 g/mol. The van der Waals surface area contributed by atoms with Crippen molar-refractivity contribution in [1.29, 1.82) is 0 Å². The minimum Gasteiger partial charge on any atom is -0.497 e. The van der Waals surface area contributed by atoms with Crippen LogP contribution < -0.4 is 9.46 Å². The molecule has 2 aromatic carbocycles. The zero-order valence-corrected chi connectivity index (χ0v) is 19.1. The summed E-state index contributed by atoms with van der Waals surface area (Å²) in [4.78, 5) is 26.4. The van der Waals surface area contributed by atoms with Crippen LogP contribution in [0, 0.1) is 0 Å². The third-order valence-corrected chi connectivity index (χ3v) is 6.94. The smallest absolute Gasteiger partial charge is 0.338 e. The van der Waals surface area contributed by atoms with E-state index in [0.29, 0.717) is 11.4 Å². The number of nitrogens with one attached hydrogen (secondary N) is 1. The number of benzene rings is 2. The highest BCUT2D eigenvalue weighted by Crippen LogP contribution is 2.22. The Morgan fingerprint density at radius 1 is 1.06 bits per heavy atom. The Morgan fingerprint density at radius 2 is 1.75 bits per heavy atom. The van der Waals surface area contributed by atoms with Gasteiger partial charge in [-0.3, -0.25) is 9.52 Å². The number of hydrogen-bond donors (Lipinski definition) is 1. The summed E-state index contributed by atoms with van der Waals surface area (Å²) in [5.74, 6) is -0.423. The van der Waals surface area contributed by atoms with E-state index in [0.717, 1.165) is 25.7 Å². The molecule has 1 N–H and O–H groups in total. The van der Waals surface area contributed by atoms with Crippen molar-refractivity contribution in [3.63, 3.8) is 0 Å². The molecule has 0 spiro atoms. The van der Waals surface area contributed by atoms with Crippen molar-refractivity contribution in [2.45, 2.75) is 43.0 Å². The number of carbonyl (C=O) groups excluding carboxylic acids is 2. The van der Waals surface area contributed by atoms with Gasteiger partial charge in [0.05, 0.1) is 17.6 Å². The van der Waals surface area contributed by atoms with Crippen LogP contribution in [0.4, 0.5) is 5.69 Å². The average Bonchev–Trinajstić information content (AvgIpc) is 2.82. The monoisotopic (exact) mass is 460 g/mol. The number of likely N-dealkylation sites (N-methyl/N-ethyl adjacent to an activating group) is 1. The van der Waals surface area contributed by atoms with Gasteiger partial charge in [0.25, 0.3) is 15.9 Å². The second-order valence-electron chi connectivity index (χ2n) is 7.73. The number of ether oxygens (including phenoxy) is 2. The molecule has 1 aliphatic rings. The van der Waals surface area contributed by atoms with Crippen LogP contribution >= 0.6 is 0 Å². The van der Waals surface area contributed by atoms with Gasteiger partial charge in [-0.2, -0.15) is 0 Å². The number of nitrogens with zero attached hydrogens (tertiary/aromatic N) is 1. The van der Waals surface area contributed by atoms with Gasteiger partial charge in [0, 0.05) is 18.8 Å². The van der Waals surface area contributed by atoms with Crippen molar-refractivity contribution in [3.8, 4) is 5.75 Å². The van der Waals surface area contributed by atoms with Crippen LogP contribution in [0.5, 0.6) is 5.75 Å². The molecule has 2 aromatic rings. The summed E-state index contributed by atoms with van der Waals surface area (Å²) in [5.41, 5.74) is 0.408. The topological polar surface area (TPSA) is 102 Å². The highest BCUT2D eigenvalue weighted by molar-refractivity contribution is 7.92. The standard InChI is InChI=1S/C23H28N2O6S/c1-25(19-8-4-3-5-9-19)22(26)16-31-23(27)17-7-6-10-21(15-17)32(28,29)24-18-11-13-20(30-2)14-12-18/h6-7,10-15,19,24H,3-5,8-9,16H2,1-2H3. The molecule has 0 saturated heterocycles. The zero-order chi connectivity index (χ0) is 23.1. The van der Waals surface area contributed by atoms with Crippen LogP contribution in [0.1, 0.15) is 42.5 Å². The number of carbonyl (C=O) groups is 2. The van der Waals surface area contributed by atoms with E-state index in [4.69, 9.17) is 9.47 Å². The molecule has 0 aromatic heterocycles. The first kappa shape index (κ1) is 23.6. The molecule has 1 aliphatic carbocycles. The second-order valence-corrected chi connectivity index (χ2v) is 9.42. The average molecular weight is 461 g/mol. The minimum absolute atomic E-state index is 0.0516. The SMILES string of the molecule is COc1ccc(NS(=O)(=O)c2cccc(C(=O)OCC(=O)N(C)C3CCCCC3)c2)cc1. The number of amides is 1. The molecule has 3 rings (SSSR count). The highest BCUT2D eigenvalue weighted by atomic mass is 32.2. The summed E-state index contributed by atoms with van der Waals surface area (Å²) in [6, 6.07) is 12.1. The van der Waals surface area contributed by atoms with E-state index in [1.165, 1.54) is 37.8 Å². The maximum atomic E-state index is 12.7. The summed E-state index contributed by atoms with van der Waals surface area (Å²) < 4.78 is 38.1. The molecule has 9 heteroatoms. The number of hydrogen-bond acceptors (Lipinski definition) is 6. The minimum atomic E-state index is -3.92. The summed E-state index contributed by atoms with van der Waals surface area (Å²) >= 11 is 0. The molecule has 1 amide bonds. The molecule has 0 unspecified atom stereocenters. The van der Waals surface area contributed by atoms with Crippen LogP contribution in [0.15, 0.2) is 53.4 Å². The van der Waals surface area contributed by atoms with Crippen molar-refractivity contribution in [1.82, 2.24) is 4.90 Å². The molecule has 172 valence electrons. The van der Waals surface area contributed by atoms with Gasteiger partial charge in [0.2, 0.25) is 0 Å². The number of rotatable bonds is 8. The quantitative estimate of drug-likeness (QED) is 0.606.